The van der Waals surface area contributed by atoms with E-state index in [1.54, 1.807) is 0 Å². The molecule has 3 heteroatoms. The molecular formula is C14H24N2O. The van der Waals surface area contributed by atoms with Crippen molar-refractivity contribution < 1.29 is 4.42 Å². The maximum absolute atomic E-state index is 5.51. The average molecular weight is 236 g/mol. The maximum Gasteiger partial charge on any atom is 0.117 e. The first-order chi connectivity index (χ1) is 8.34. The van der Waals surface area contributed by atoms with Crippen molar-refractivity contribution in [3.05, 3.63) is 23.7 Å². The van der Waals surface area contributed by atoms with Crippen LogP contribution in [0, 0.1) is 12.8 Å². The van der Waals surface area contributed by atoms with Crippen LogP contribution in [0.1, 0.15) is 37.2 Å². The maximum atomic E-state index is 5.51. The normalized spacial score (nSPS) is 20.6. The van der Waals surface area contributed by atoms with Crippen molar-refractivity contribution in [2.75, 3.05) is 19.6 Å². The van der Waals surface area contributed by atoms with Gasteiger partial charge in [-0.15, -0.1) is 0 Å². The van der Waals surface area contributed by atoms with Gasteiger partial charge < -0.3 is 15.1 Å². The van der Waals surface area contributed by atoms with E-state index in [0.29, 0.717) is 0 Å². The van der Waals surface area contributed by atoms with Crippen LogP contribution in [0.5, 0.6) is 0 Å². The molecule has 0 amide bonds. The summed E-state index contributed by atoms with van der Waals surface area (Å²) in [7, 11) is 0. The largest absolute Gasteiger partial charge is 0.465 e. The molecule has 96 valence electrons. The molecule has 1 saturated heterocycles. The summed E-state index contributed by atoms with van der Waals surface area (Å²) in [5, 5.41) is 6.91. The number of piperidine rings is 1. The molecule has 3 nitrogen and oxygen atoms in total. The van der Waals surface area contributed by atoms with E-state index in [9.17, 15) is 0 Å². The van der Waals surface area contributed by atoms with E-state index in [1.165, 1.54) is 38.8 Å². The molecule has 1 aliphatic heterocycles. The second kappa shape index (κ2) is 6.82. The van der Waals surface area contributed by atoms with Crippen LogP contribution in [-0.4, -0.2) is 19.6 Å². The highest BCUT2D eigenvalue weighted by Gasteiger charge is 2.11. The Morgan fingerprint density at radius 2 is 2.41 bits per heavy atom. The minimum atomic E-state index is 0.858. The van der Waals surface area contributed by atoms with Crippen molar-refractivity contribution in [1.29, 1.82) is 0 Å². The molecule has 1 fully saturated rings. The zero-order valence-corrected chi connectivity index (χ0v) is 10.8. The lowest BCUT2D eigenvalue weighted by Crippen LogP contribution is -2.30. The molecule has 1 unspecified atom stereocenters. The summed E-state index contributed by atoms with van der Waals surface area (Å²) < 4.78 is 5.51. The average Bonchev–Trinajstić information content (AvgIpc) is 2.76. The molecule has 0 aliphatic carbocycles. The first-order valence-corrected chi connectivity index (χ1v) is 6.81. The summed E-state index contributed by atoms with van der Waals surface area (Å²) in [5.74, 6) is 2.94. The Balaban J connectivity index is 1.51. The standard InChI is InChI=1S/C14H24N2O/c1-12-6-7-14(17-12)11-16-9-3-5-13-4-2-8-15-10-13/h6-7,13,15-16H,2-5,8-11H2,1H3. The third-order valence-corrected chi connectivity index (χ3v) is 3.46. The Morgan fingerprint density at radius 1 is 1.47 bits per heavy atom. The quantitative estimate of drug-likeness (QED) is 0.745. The Bertz CT molecular complexity index is 316. The van der Waals surface area contributed by atoms with E-state index in [0.717, 1.165) is 30.5 Å². The fourth-order valence-corrected chi connectivity index (χ4v) is 2.48. The Labute approximate surface area is 104 Å². The minimum absolute atomic E-state index is 0.858. The van der Waals surface area contributed by atoms with Crippen molar-refractivity contribution in [2.45, 2.75) is 39.2 Å². The van der Waals surface area contributed by atoms with Crippen LogP contribution >= 0.6 is 0 Å². The summed E-state index contributed by atoms with van der Waals surface area (Å²) in [4.78, 5) is 0. The number of nitrogens with one attached hydrogen (secondary N) is 2. The summed E-state index contributed by atoms with van der Waals surface area (Å²) in [5.41, 5.74) is 0. The molecule has 2 heterocycles. The topological polar surface area (TPSA) is 37.2 Å². The molecule has 0 bridgehead atoms. The van der Waals surface area contributed by atoms with Crippen molar-refractivity contribution in [2.24, 2.45) is 5.92 Å². The van der Waals surface area contributed by atoms with Crippen molar-refractivity contribution >= 4 is 0 Å². The van der Waals surface area contributed by atoms with Gasteiger partial charge >= 0.3 is 0 Å². The van der Waals surface area contributed by atoms with Gasteiger partial charge in [-0.05, 0) is 70.3 Å². The predicted octanol–water partition coefficient (Wildman–Crippen LogP) is 2.46. The molecule has 2 rings (SSSR count). The van der Waals surface area contributed by atoms with E-state index < -0.39 is 0 Å². The molecule has 17 heavy (non-hydrogen) atoms. The second-order valence-corrected chi connectivity index (χ2v) is 5.04. The fraction of sp³-hybridized carbons (Fsp3) is 0.714. The van der Waals surface area contributed by atoms with Crippen LogP contribution in [0.4, 0.5) is 0 Å². The van der Waals surface area contributed by atoms with Crippen LogP contribution in [0.2, 0.25) is 0 Å². The van der Waals surface area contributed by atoms with E-state index in [2.05, 4.69) is 10.6 Å². The van der Waals surface area contributed by atoms with Gasteiger partial charge in [0.05, 0.1) is 6.54 Å². The van der Waals surface area contributed by atoms with Crippen LogP contribution in [0.15, 0.2) is 16.5 Å². The molecule has 0 aromatic carbocycles. The molecule has 0 spiro atoms. The highest BCUT2D eigenvalue weighted by molar-refractivity contribution is 5.04. The van der Waals surface area contributed by atoms with Gasteiger partial charge in [0, 0.05) is 0 Å². The number of furan rings is 1. The van der Waals surface area contributed by atoms with Gasteiger partial charge in [0.1, 0.15) is 11.5 Å². The number of hydrogen-bond donors (Lipinski definition) is 2. The van der Waals surface area contributed by atoms with Gasteiger partial charge in [0.15, 0.2) is 0 Å². The van der Waals surface area contributed by atoms with E-state index in [-0.39, 0.29) is 0 Å². The van der Waals surface area contributed by atoms with E-state index >= 15 is 0 Å². The van der Waals surface area contributed by atoms with Gasteiger partial charge in [-0.2, -0.15) is 0 Å². The summed E-state index contributed by atoms with van der Waals surface area (Å²) >= 11 is 0. The number of hydrogen-bond acceptors (Lipinski definition) is 3. The van der Waals surface area contributed by atoms with Crippen molar-refractivity contribution in [3.63, 3.8) is 0 Å². The van der Waals surface area contributed by atoms with Crippen LogP contribution < -0.4 is 10.6 Å². The van der Waals surface area contributed by atoms with E-state index in [1.807, 2.05) is 19.1 Å². The van der Waals surface area contributed by atoms with Crippen LogP contribution in [-0.2, 0) is 6.54 Å². The molecule has 0 radical (unpaired) electrons. The monoisotopic (exact) mass is 236 g/mol. The van der Waals surface area contributed by atoms with Crippen molar-refractivity contribution in [3.8, 4) is 0 Å². The first kappa shape index (κ1) is 12.7. The third-order valence-electron chi connectivity index (χ3n) is 3.46. The number of aryl methyl sites for hydroxylation is 1. The summed E-state index contributed by atoms with van der Waals surface area (Å²) in [6, 6.07) is 4.07. The highest BCUT2D eigenvalue weighted by atomic mass is 16.3. The second-order valence-electron chi connectivity index (χ2n) is 5.04. The lowest BCUT2D eigenvalue weighted by atomic mass is 9.95. The van der Waals surface area contributed by atoms with Gasteiger partial charge in [-0.1, -0.05) is 0 Å². The molecule has 0 saturated carbocycles. The highest BCUT2D eigenvalue weighted by Crippen LogP contribution is 2.15. The summed E-state index contributed by atoms with van der Waals surface area (Å²) in [6.45, 7) is 6.37. The Morgan fingerprint density at radius 3 is 3.12 bits per heavy atom. The van der Waals surface area contributed by atoms with E-state index in [4.69, 9.17) is 4.42 Å². The number of rotatable bonds is 6. The molecule has 1 atom stereocenters. The van der Waals surface area contributed by atoms with Crippen molar-refractivity contribution in [1.82, 2.24) is 10.6 Å². The lowest BCUT2D eigenvalue weighted by Gasteiger charge is -2.22. The Kier molecular flexibility index (Phi) is 5.08. The van der Waals surface area contributed by atoms with Gasteiger partial charge in [0.25, 0.3) is 0 Å². The molecule has 2 N–H and O–H groups in total. The Hall–Kier alpha value is -0.800. The SMILES string of the molecule is Cc1ccc(CNCCCC2CCCNC2)o1. The third kappa shape index (κ3) is 4.52. The first-order valence-electron chi connectivity index (χ1n) is 6.81. The van der Waals surface area contributed by atoms with Crippen LogP contribution in [0.3, 0.4) is 0 Å². The predicted molar refractivity (Wildman–Crippen MR) is 70.0 cm³/mol. The zero-order valence-electron chi connectivity index (χ0n) is 10.8. The molecule has 1 aromatic rings. The molecular weight excluding hydrogens is 212 g/mol. The lowest BCUT2D eigenvalue weighted by molar-refractivity contribution is 0.347. The molecule has 1 aromatic heterocycles. The summed E-state index contributed by atoms with van der Waals surface area (Å²) in [6.07, 6.45) is 5.37. The molecule has 1 aliphatic rings. The van der Waals surface area contributed by atoms with Gasteiger partial charge in [0.2, 0.25) is 0 Å². The zero-order chi connectivity index (χ0) is 11.9. The van der Waals surface area contributed by atoms with Gasteiger partial charge in [-0.3, -0.25) is 0 Å². The smallest absolute Gasteiger partial charge is 0.117 e. The minimum Gasteiger partial charge on any atom is -0.465 e. The van der Waals surface area contributed by atoms with Crippen LogP contribution in [0.25, 0.3) is 0 Å². The fourth-order valence-electron chi connectivity index (χ4n) is 2.48. The van der Waals surface area contributed by atoms with Gasteiger partial charge in [-0.25, -0.2) is 0 Å².